The molecule has 0 unspecified atom stereocenters. The van der Waals surface area contributed by atoms with Gasteiger partial charge in [-0.2, -0.15) is 0 Å². The summed E-state index contributed by atoms with van der Waals surface area (Å²) >= 11 is 0. The number of aliphatic carboxylic acids is 1. The number of aromatic amines is 1. The standard InChI is InChI=1S/C6H15P.C5H7N4O2.Au/c1-4-7(5-2)6-3;6-4(5(10)11)1-3-2-7-9-8-3;/h4-6H2,1-3H3;4H,1,6H2,(H,10,11)(H,7,8,9);/q;-1;+1/t;4-;/m.1./s1. The first-order chi connectivity index (χ1) is 8.54. The molecule has 4 N–H and O–H groups in total. The van der Waals surface area contributed by atoms with E-state index in [4.69, 9.17) is 10.8 Å². The predicted octanol–water partition coefficient (Wildman–Crippen LogP) is 1.08. The van der Waals surface area contributed by atoms with Crippen molar-refractivity contribution in [3.05, 3.63) is 11.9 Å². The van der Waals surface area contributed by atoms with E-state index in [1.54, 1.807) is 0 Å². The quantitative estimate of drug-likeness (QED) is 0.328. The molecule has 1 aromatic rings. The van der Waals surface area contributed by atoms with Crippen LogP contribution in [0.1, 0.15) is 26.5 Å². The van der Waals surface area contributed by atoms with Gasteiger partial charge in [0.15, 0.2) is 0 Å². The van der Waals surface area contributed by atoms with E-state index in [0.717, 1.165) is 0 Å². The minimum atomic E-state index is -1.05. The minimum absolute atomic E-state index is 0. The molecule has 0 aromatic carbocycles. The van der Waals surface area contributed by atoms with Gasteiger partial charge in [0.2, 0.25) is 0 Å². The summed E-state index contributed by atoms with van der Waals surface area (Å²) in [5.74, 6) is -1.05. The van der Waals surface area contributed by atoms with E-state index >= 15 is 0 Å². The van der Waals surface area contributed by atoms with Gasteiger partial charge in [-0.3, -0.25) is 4.79 Å². The SMILES string of the molecule is CCP(CC)CC.N[C@H](Cc1[c-]nn[nH]1)C(=O)O.[Au+]. The fourth-order valence-electron chi connectivity index (χ4n) is 1.27. The van der Waals surface area contributed by atoms with Gasteiger partial charge in [0.05, 0.1) is 0 Å². The second-order valence-corrected chi connectivity index (χ2v) is 6.91. The van der Waals surface area contributed by atoms with Crippen LogP contribution in [0.4, 0.5) is 0 Å². The minimum Gasteiger partial charge on any atom is -0.480 e. The number of hydrogen-bond donors (Lipinski definition) is 3. The van der Waals surface area contributed by atoms with Crippen molar-refractivity contribution in [3.63, 3.8) is 0 Å². The van der Waals surface area contributed by atoms with Gasteiger partial charge in [-0.05, 0) is 24.9 Å². The second-order valence-electron chi connectivity index (χ2n) is 3.67. The Kier molecular flexibility index (Phi) is 14.1. The summed E-state index contributed by atoms with van der Waals surface area (Å²) in [7, 11) is 0.446. The molecule has 1 rings (SSSR count). The summed E-state index contributed by atoms with van der Waals surface area (Å²) in [5.41, 5.74) is 5.71. The Bertz CT molecular complexity index is 315. The molecule has 1 heterocycles. The Labute approximate surface area is 131 Å². The van der Waals surface area contributed by atoms with Crippen LogP contribution in [0.5, 0.6) is 0 Å². The molecule has 1 aromatic heterocycles. The third kappa shape index (κ3) is 10.2. The van der Waals surface area contributed by atoms with Crippen molar-refractivity contribution in [2.75, 3.05) is 18.5 Å². The number of carboxylic acids is 1. The Morgan fingerprint density at radius 2 is 1.95 bits per heavy atom. The third-order valence-electron chi connectivity index (χ3n) is 2.50. The number of nitrogens with two attached hydrogens (primary N) is 1. The fraction of sp³-hybridized carbons (Fsp3) is 0.727. The number of carboxylic acid groups (broad SMARTS) is 1. The van der Waals surface area contributed by atoms with Crippen molar-refractivity contribution in [1.82, 2.24) is 15.4 Å². The van der Waals surface area contributed by atoms with E-state index in [2.05, 4.69) is 42.4 Å². The maximum Gasteiger partial charge on any atom is 1.00 e. The van der Waals surface area contributed by atoms with Crippen LogP contribution in [-0.4, -0.2) is 51.0 Å². The van der Waals surface area contributed by atoms with Crippen LogP contribution in [0.2, 0.25) is 0 Å². The third-order valence-corrected chi connectivity index (χ3v) is 5.19. The monoisotopic (exact) mass is 470 g/mol. The molecule has 0 spiro atoms. The van der Waals surface area contributed by atoms with Crippen LogP contribution < -0.4 is 5.73 Å². The summed E-state index contributed by atoms with van der Waals surface area (Å²) in [4.78, 5) is 10.2. The molecule has 19 heavy (non-hydrogen) atoms. The Hall–Kier alpha value is -0.260. The van der Waals surface area contributed by atoms with Crippen LogP contribution >= 0.6 is 7.92 Å². The number of aromatic nitrogens is 3. The molecule has 0 aliphatic carbocycles. The zero-order valence-electron chi connectivity index (χ0n) is 11.5. The van der Waals surface area contributed by atoms with Gasteiger partial charge < -0.3 is 27.2 Å². The maximum absolute atomic E-state index is 10.2. The van der Waals surface area contributed by atoms with E-state index in [1.807, 2.05) is 0 Å². The Balaban J connectivity index is 0. The number of nitrogens with zero attached hydrogens (tertiary/aromatic N) is 2. The van der Waals surface area contributed by atoms with E-state index in [9.17, 15) is 4.79 Å². The normalized spacial score (nSPS) is 11.2. The zero-order valence-corrected chi connectivity index (χ0v) is 14.5. The van der Waals surface area contributed by atoms with Crippen molar-refractivity contribution in [2.45, 2.75) is 33.2 Å². The Morgan fingerprint density at radius 3 is 2.21 bits per heavy atom. The molecular formula is C11H22AuN4O2P. The molecule has 6 nitrogen and oxygen atoms in total. The summed E-state index contributed by atoms with van der Waals surface area (Å²) in [6, 6.07) is -0.923. The fourth-order valence-corrected chi connectivity index (χ4v) is 2.61. The van der Waals surface area contributed by atoms with Crippen LogP contribution in [0.25, 0.3) is 0 Å². The number of rotatable bonds is 6. The Morgan fingerprint density at radius 1 is 1.42 bits per heavy atom. The van der Waals surface area contributed by atoms with Gasteiger partial charge in [-0.15, -0.1) is 18.8 Å². The first kappa shape index (κ1) is 21.0. The van der Waals surface area contributed by atoms with Gasteiger partial charge in [0.1, 0.15) is 6.04 Å². The van der Waals surface area contributed by atoms with Crippen molar-refractivity contribution < 1.29 is 32.3 Å². The molecule has 0 fully saturated rings. The summed E-state index contributed by atoms with van der Waals surface area (Å²) in [6.45, 7) is 6.87. The molecule has 0 aliphatic rings. The number of H-pyrrole nitrogens is 1. The van der Waals surface area contributed by atoms with E-state index in [-0.39, 0.29) is 28.8 Å². The van der Waals surface area contributed by atoms with E-state index < -0.39 is 12.0 Å². The maximum atomic E-state index is 10.2. The van der Waals surface area contributed by atoms with Crippen molar-refractivity contribution in [2.24, 2.45) is 5.73 Å². The first-order valence-corrected chi connectivity index (χ1v) is 7.93. The molecule has 0 aliphatic heterocycles. The predicted molar refractivity (Wildman–Crippen MR) is 73.1 cm³/mol. The summed E-state index contributed by atoms with van der Waals surface area (Å²) in [6.07, 6.45) is 6.89. The smallest absolute Gasteiger partial charge is 0.480 e. The molecular weight excluding hydrogens is 448 g/mol. The molecule has 114 valence electrons. The van der Waals surface area contributed by atoms with Gasteiger partial charge in [-0.1, -0.05) is 20.8 Å². The molecule has 0 saturated carbocycles. The van der Waals surface area contributed by atoms with E-state index in [1.165, 1.54) is 18.5 Å². The zero-order chi connectivity index (χ0) is 14.0. The number of carbonyl (C=O) groups is 1. The largest absolute Gasteiger partial charge is 1.00 e. The van der Waals surface area contributed by atoms with Crippen LogP contribution in [0.15, 0.2) is 0 Å². The molecule has 8 heteroatoms. The van der Waals surface area contributed by atoms with Crippen LogP contribution in [0.3, 0.4) is 0 Å². The summed E-state index contributed by atoms with van der Waals surface area (Å²) in [5, 5.41) is 17.6. The van der Waals surface area contributed by atoms with Gasteiger partial charge in [0.25, 0.3) is 0 Å². The van der Waals surface area contributed by atoms with Gasteiger partial charge in [-0.25, -0.2) is 0 Å². The van der Waals surface area contributed by atoms with Gasteiger partial charge in [0, 0.05) is 0 Å². The number of hydrogen-bond acceptors (Lipinski definition) is 4. The van der Waals surface area contributed by atoms with Crippen molar-refractivity contribution in [3.8, 4) is 0 Å². The molecule has 0 radical (unpaired) electrons. The van der Waals surface area contributed by atoms with Crippen molar-refractivity contribution in [1.29, 1.82) is 0 Å². The molecule has 0 saturated heterocycles. The van der Waals surface area contributed by atoms with Crippen LogP contribution in [0, 0.1) is 6.20 Å². The molecule has 0 bridgehead atoms. The second kappa shape index (κ2) is 12.8. The van der Waals surface area contributed by atoms with Crippen LogP contribution in [-0.2, 0) is 33.6 Å². The first-order valence-electron chi connectivity index (χ1n) is 6.03. The average Bonchev–Trinajstić information content (AvgIpc) is 2.85. The number of nitrogens with one attached hydrogen (secondary N) is 1. The molecule has 0 amide bonds. The van der Waals surface area contributed by atoms with E-state index in [0.29, 0.717) is 13.6 Å². The summed E-state index contributed by atoms with van der Waals surface area (Å²) < 4.78 is 0. The van der Waals surface area contributed by atoms with Crippen molar-refractivity contribution >= 4 is 13.9 Å². The average molecular weight is 470 g/mol. The topological polar surface area (TPSA) is 105 Å². The van der Waals surface area contributed by atoms with Gasteiger partial charge >= 0.3 is 28.3 Å². The molecule has 1 atom stereocenters.